The Morgan fingerprint density at radius 1 is 0.952 bits per heavy atom. The van der Waals surface area contributed by atoms with Gasteiger partial charge in [-0.15, -0.1) is 5.06 Å². The lowest BCUT2D eigenvalue weighted by Crippen LogP contribution is -2.56. The van der Waals surface area contributed by atoms with Crippen LogP contribution in [-0.2, 0) is 9.94 Å². The summed E-state index contributed by atoms with van der Waals surface area (Å²) < 4.78 is 86.8. The molecule has 4 nitrogen and oxygen atoms in total. The van der Waals surface area contributed by atoms with Gasteiger partial charge in [0.1, 0.15) is 0 Å². The molecule has 117 valence electrons. The largest absolute Gasteiger partial charge is 0.481 e. The molecule has 0 bridgehead atoms. The highest BCUT2D eigenvalue weighted by molar-refractivity contribution is 5.83. The van der Waals surface area contributed by atoms with Crippen LogP contribution in [0.25, 0.3) is 0 Å². The molecule has 0 aromatic heterocycles. The maximum absolute atomic E-state index is 13.0. The molecule has 0 heterocycles. The lowest BCUT2D eigenvalue weighted by molar-refractivity contribution is -0.424. The number of anilines is 1. The molecular weight excluding hydrogens is 315 g/mol. The third kappa shape index (κ3) is 3.35. The van der Waals surface area contributed by atoms with Crippen LogP contribution in [0.15, 0.2) is 30.3 Å². The molecule has 1 radical (unpaired) electrons. The number of amides is 1. The van der Waals surface area contributed by atoms with Crippen LogP contribution in [-0.4, -0.2) is 24.3 Å². The van der Waals surface area contributed by atoms with Crippen molar-refractivity contribution in [2.24, 2.45) is 0 Å². The van der Waals surface area contributed by atoms with Crippen molar-refractivity contribution < 1.29 is 45.5 Å². The Labute approximate surface area is 112 Å². The van der Waals surface area contributed by atoms with E-state index in [0.717, 1.165) is 24.3 Å². The lowest BCUT2D eigenvalue weighted by Gasteiger charge is -2.30. The number of carbonyl (C=O) groups excluding carboxylic acids is 1. The van der Waals surface area contributed by atoms with Gasteiger partial charge in [0, 0.05) is 0 Å². The highest BCUT2D eigenvalue weighted by Crippen LogP contribution is 2.47. The number of rotatable bonds is 4. The van der Waals surface area contributed by atoms with Gasteiger partial charge in [-0.25, -0.2) is 9.90 Å². The summed E-state index contributed by atoms with van der Waals surface area (Å²) in [5.74, 6) is -6.61. The van der Waals surface area contributed by atoms with E-state index in [4.69, 9.17) is 0 Å². The minimum atomic E-state index is -6.65. The molecule has 0 fully saturated rings. The summed E-state index contributed by atoms with van der Waals surface area (Å²) in [6.07, 6.45) is -15.4. The minimum absolute atomic E-state index is 0.741. The maximum Gasteiger partial charge on any atom is 0.481 e. The van der Waals surface area contributed by atoms with Crippen molar-refractivity contribution in [2.75, 3.05) is 5.06 Å². The predicted octanol–water partition coefficient (Wildman–Crippen LogP) is 3.77. The summed E-state index contributed by atoms with van der Waals surface area (Å²) in [4.78, 5) is 13.6. The Hall–Kier alpha value is -2.04. The zero-order valence-corrected chi connectivity index (χ0v) is 9.70. The smallest absolute Gasteiger partial charge is 0.217 e. The second-order valence-electron chi connectivity index (χ2n) is 3.58. The molecule has 0 aliphatic rings. The predicted molar refractivity (Wildman–Crippen MR) is 52.0 cm³/mol. The molecule has 0 atom stereocenters. The zero-order valence-electron chi connectivity index (χ0n) is 9.70. The third-order valence-electron chi connectivity index (χ3n) is 2.08. The molecule has 0 saturated heterocycles. The van der Waals surface area contributed by atoms with Crippen molar-refractivity contribution in [3.8, 4) is 0 Å². The number of alkyl halides is 7. The molecule has 0 aliphatic carbocycles. The molecule has 0 N–H and O–H groups in total. The molecule has 0 saturated carbocycles. The fraction of sp³-hybridized carbons (Fsp3) is 0.300. The number of nitrogens with zero attached hydrogens (tertiary/aromatic N) is 1. The van der Waals surface area contributed by atoms with Crippen molar-refractivity contribution in [1.82, 2.24) is 0 Å². The standard InChI is InChI=1S/C10H5F7NO3/c11-8(12,9(13,14)15)10(16,17)21-18(7(19)20)6-4-2-1-3-5-6/h1-5H. The van der Waals surface area contributed by atoms with Crippen LogP contribution in [0.3, 0.4) is 0 Å². The fourth-order valence-corrected chi connectivity index (χ4v) is 1.10. The molecule has 1 aromatic carbocycles. The summed E-state index contributed by atoms with van der Waals surface area (Å²) >= 11 is 0. The van der Waals surface area contributed by atoms with E-state index in [9.17, 15) is 40.6 Å². The number of para-hydroxylation sites is 1. The van der Waals surface area contributed by atoms with E-state index in [0.29, 0.717) is 0 Å². The van der Waals surface area contributed by atoms with E-state index in [1.165, 1.54) is 6.07 Å². The van der Waals surface area contributed by atoms with Gasteiger partial charge in [-0.3, -0.25) is 0 Å². The first-order valence-electron chi connectivity index (χ1n) is 4.98. The van der Waals surface area contributed by atoms with Crippen LogP contribution >= 0.6 is 0 Å². The van der Waals surface area contributed by atoms with Crippen molar-refractivity contribution >= 4 is 11.8 Å². The van der Waals surface area contributed by atoms with E-state index in [1.807, 2.05) is 0 Å². The fourth-order valence-electron chi connectivity index (χ4n) is 1.10. The highest BCUT2D eigenvalue weighted by atomic mass is 19.4. The molecule has 1 amide bonds. The van der Waals surface area contributed by atoms with Crippen LogP contribution in [0.2, 0.25) is 0 Å². The minimum Gasteiger partial charge on any atom is -0.217 e. The Balaban J connectivity index is 3.12. The van der Waals surface area contributed by atoms with Crippen LogP contribution in [0.4, 0.5) is 41.2 Å². The summed E-state index contributed by atoms with van der Waals surface area (Å²) in [7, 11) is 0. The van der Waals surface area contributed by atoms with Gasteiger partial charge in [0.15, 0.2) is 0 Å². The van der Waals surface area contributed by atoms with Gasteiger partial charge in [-0.2, -0.15) is 35.6 Å². The number of benzene rings is 1. The second-order valence-corrected chi connectivity index (χ2v) is 3.58. The normalized spacial score (nSPS) is 13.1. The van der Waals surface area contributed by atoms with E-state index in [2.05, 4.69) is 4.84 Å². The summed E-state index contributed by atoms with van der Waals surface area (Å²) in [5, 5.41) is 9.70. The van der Waals surface area contributed by atoms with Gasteiger partial charge in [-0.1, -0.05) is 18.2 Å². The summed E-state index contributed by atoms with van der Waals surface area (Å²) in [6.45, 7) is 0. The number of halogens is 7. The van der Waals surface area contributed by atoms with E-state index >= 15 is 0 Å². The highest BCUT2D eigenvalue weighted by Gasteiger charge is 2.75. The Kier molecular flexibility index (Phi) is 4.37. The number of hydrogen-bond donors (Lipinski definition) is 0. The van der Waals surface area contributed by atoms with Crippen molar-refractivity contribution in [1.29, 1.82) is 0 Å². The van der Waals surface area contributed by atoms with Crippen LogP contribution in [0.1, 0.15) is 0 Å². The van der Waals surface area contributed by atoms with Crippen LogP contribution in [0.5, 0.6) is 0 Å². The lowest BCUT2D eigenvalue weighted by atomic mass is 10.3. The first-order chi connectivity index (χ1) is 9.40. The maximum atomic E-state index is 13.0. The van der Waals surface area contributed by atoms with Crippen LogP contribution < -0.4 is 5.06 Å². The zero-order chi connectivity index (χ0) is 16.5. The first kappa shape index (κ1) is 17.0. The number of hydrogen-bond acceptors (Lipinski definition) is 2. The number of hydroxylamine groups is 1. The van der Waals surface area contributed by atoms with Gasteiger partial charge < -0.3 is 0 Å². The van der Waals surface area contributed by atoms with Crippen molar-refractivity contribution in [3.63, 3.8) is 0 Å². The molecule has 21 heavy (non-hydrogen) atoms. The number of carbonyl (C=O) groups is 1. The molecule has 11 heteroatoms. The Morgan fingerprint density at radius 2 is 1.43 bits per heavy atom. The van der Waals surface area contributed by atoms with E-state index in [-0.39, 0.29) is 0 Å². The summed E-state index contributed by atoms with van der Waals surface area (Å²) in [6, 6.07) is 5.15. The quantitative estimate of drug-likeness (QED) is 0.626. The van der Waals surface area contributed by atoms with E-state index in [1.54, 1.807) is 0 Å². The Morgan fingerprint density at radius 3 is 1.81 bits per heavy atom. The topological polar surface area (TPSA) is 49.4 Å². The van der Waals surface area contributed by atoms with Crippen LogP contribution in [0, 0.1) is 0 Å². The average molecular weight is 320 g/mol. The monoisotopic (exact) mass is 320 g/mol. The second kappa shape index (κ2) is 5.39. The Bertz CT molecular complexity index is 503. The van der Waals surface area contributed by atoms with Crippen molar-refractivity contribution in [2.45, 2.75) is 18.2 Å². The van der Waals surface area contributed by atoms with Gasteiger partial charge in [0.05, 0.1) is 5.69 Å². The molecular formula is C10H5F7NO3. The average Bonchev–Trinajstić information content (AvgIpc) is 2.35. The molecule has 1 rings (SSSR count). The SMILES string of the molecule is [O]C(=O)N(OC(F)(F)C(F)(F)C(F)(F)F)c1ccccc1. The van der Waals surface area contributed by atoms with Gasteiger partial charge in [-0.05, 0) is 12.1 Å². The summed E-state index contributed by atoms with van der Waals surface area (Å²) in [5.41, 5.74) is -0.741. The van der Waals surface area contributed by atoms with Crippen molar-refractivity contribution in [3.05, 3.63) is 30.3 Å². The molecule has 1 aromatic rings. The van der Waals surface area contributed by atoms with Gasteiger partial charge in [0.25, 0.3) is 0 Å². The molecule has 0 spiro atoms. The molecule has 0 aliphatic heterocycles. The van der Waals surface area contributed by atoms with Gasteiger partial charge in [0.2, 0.25) is 0 Å². The molecule has 0 unspecified atom stereocenters. The third-order valence-corrected chi connectivity index (χ3v) is 2.08. The van der Waals surface area contributed by atoms with E-state index < -0.39 is 35.1 Å². The first-order valence-corrected chi connectivity index (χ1v) is 4.98. The van der Waals surface area contributed by atoms with Gasteiger partial charge >= 0.3 is 24.3 Å².